The summed E-state index contributed by atoms with van der Waals surface area (Å²) in [7, 11) is -4.66. The van der Waals surface area contributed by atoms with Gasteiger partial charge in [0.05, 0.1) is 21.4 Å². The van der Waals surface area contributed by atoms with Gasteiger partial charge in [0.25, 0.3) is 0 Å². The third-order valence-corrected chi connectivity index (χ3v) is 2.77. The van der Waals surface area contributed by atoms with E-state index < -0.39 is 21.1 Å². The van der Waals surface area contributed by atoms with Crippen molar-refractivity contribution < 1.29 is 13.3 Å². The number of terminal acetylenes is 1. The van der Waals surface area contributed by atoms with Crippen LogP contribution in [-0.2, 0) is 9.63 Å². The molecule has 0 unspecified atom stereocenters. The molecule has 0 aromatic rings. The molecule has 0 aliphatic heterocycles. The normalized spacial score (nSPS) is 14.0. The second-order valence-electron chi connectivity index (χ2n) is 2.15. The van der Waals surface area contributed by atoms with E-state index in [1.165, 1.54) is 0 Å². The van der Waals surface area contributed by atoms with Crippen LogP contribution in [0.5, 0.6) is 0 Å². The van der Waals surface area contributed by atoms with E-state index in [0.717, 1.165) is 0 Å². The van der Waals surface area contributed by atoms with E-state index in [4.69, 9.17) is 20.8 Å². The quantitative estimate of drug-likeness (QED) is 0.604. The Bertz CT molecular complexity index is 277. The topological polar surface area (TPSA) is 81.3 Å². The van der Waals surface area contributed by atoms with Crippen LogP contribution in [0.4, 0.5) is 0 Å². The molecule has 0 spiro atoms. The molecule has 2 N–H and O–H groups in total. The largest absolute Gasteiger partial charge is 0.307 e. The summed E-state index contributed by atoms with van der Waals surface area (Å²) >= 11 is 0. The van der Waals surface area contributed by atoms with Crippen LogP contribution in [0.15, 0.2) is 0 Å². The molecule has 0 heterocycles. The second-order valence-corrected chi connectivity index (χ2v) is 5.22. The van der Waals surface area contributed by atoms with Gasteiger partial charge in [0.15, 0.2) is 0 Å². The third-order valence-electron chi connectivity index (χ3n) is 0.998. The Morgan fingerprint density at radius 2 is 2.09 bits per heavy atom. The molecule has 0 saturated carbocycles. The minimum atomic E-state index is -4.66. The van der Waals surface area contributed by atoms with Crippen LogP contribution in [0, 0.1) is 23.7 Å². The number of hydrogen-bond donors (Lipinski definition) is 2. The van der Waals surface area contributed by atoms with Gasteiger partial charge in [-0.15, -0.1) is 6.42 Å². The Morgan fingerprint density at radius 1 is 1.55 bits per heavy atom. The average Bonchev–Trinajstić information content (AvgIpc) is 1.83. The Balaban J connectivity index is 4.32. The lowest BCUT2D eigenvalue weighted by Gasteiger charge is -2.26. The van der Waals surface area contributed by atoms with Crippen molar-refractivity contribution in [1.29, 1.82) is 5.26 Å². The third kappa shape index (κ3) is 4.51. The maximum atomic E-state index is 11.0. The molecule has 0 fully saturated rings. The molecule has 11 heavy (non-hydrogen) atoms. The van der Waals surface area contributed by atoms with Gasteiger partial charge < -0.3 is 9.11 Å². The SMILES string of the molecule is C#CCS(=O)(O)(O)CCC#N. The van der Waals surface area contributed by atoms with E-state index >= 15 is 0 Å². The lowest BCUT2D eigenvalue weighted by molar-refractivity contribution is 0.395. The minimum absolute atomic E-state index is 0.181. The van der Waals surface area contributed by atoms with E-state index in [-0.39, 0.29) is 6.42 Å². The first kappa shape index (κ1) is 10.1. The molecule has 0 aromatic carbocycles. The molecule has 0 aromatic heterocycles. The number of nitriles is 1. The van der Waals surface area contributed by atoms with E-state index in [2.05, 4.69) is 0 Å². The monoisotopic (exact) mass is 175 g/mol. The van der Waals surface area contributed by atoms with Gasteiger partial charge in [-0.05, 0) is 0 Å². The molecule has 0 bridgehead atoms. The van der Waals surface area contributed by atoms with Crippen LogP contribution in [-0.4, -0.2) is 24.8 Å². The molecule has 5 heteroatoms. The number of nitrogens with zero attached hydrogens (tertiary/aromatic N) is 1. The molecule has 0 atom stereocenters. The fraction of sp³-hybridized carbons (Fsp3) is 0.500. The highest BCUT2D eigenvalue weighted by Crippen LogP contribution is 2.15. The highest BCUT2D eigenvalue weighted by Gasteiger charge is 2.27. The van der Waals surface area contributed by atoms with Crippen molar-refractivity contribution >= 4 is 9.63 Å². The van der Waals surface area contributed by atoms with E-state index in [1.807, 2.05) is 5.92 Å². The van der Waals surface area contributed by atoms with Gasteiger partial charge in [-0.2, -0.15) is 5.26 Å². The van der Waals surface area contributed by atoms with Gasteiger partial charge in [0, 0.05) is 6.42 Å². The van der Waals surface area contributed by atoms with Crippen molar-refractivity contribution in [3.63, 3.8) is 0 Å². The van der Waals surface area contributed by atoms with Gasteiger partial charge in [-0.25, -0.2) is 4.21 Å². The van der Waals surface area contributed by atoms with Gasteiger partial charge in [0.1, 0.15) is 5.75 Å². The maximum absolute atomic E-state index is 11.0. The van der Waals surface area contributed by atoms with Crippen LogP contribution in [0.1, 0.15) is 6.42 Å². The first-order chi connectivity index (χ1) is 4.89. The molecule has 0 amide bonds. The summed E-state index contributed by atoms with van der Waals surface area (Å²) < 4.78 is 28.8. The predicted molar refractivity (Wildman–Crippen MR) is 42.2 cm³/mol. The lowest BCUT2D eigenvalue weighted by atomic mass is 10.6. The van der Waals surface area contributed by atoms with Crippen molar-refractivity contribution in [2.75, 3.05) is 11.5 Å². The molecule has 0 aliphatic rings. The van der Waals surface area contributed by atoms with Crippen LogP contribution in [0.25, 0.3) is 0 Å². The van der Waals surface area contributed by atoms with Crippen molar-refractivity contribution in [3.8, 4) is 18.4 Å². The molecular weight excluding hydrogens is 166 g/mol. The van der Waals surface area contributed by atoms with Crippen LogP contribution < -0.4 is 0 Å². The molecule has 4 nitrogen and oxygen atoms in total. The van der Waals surface area contributed by atoms with Gasteiger partial charge in [-0.3, -0.25) is 0 Å². The van der Waals surface area contributed by atoms with Gasteiger partial charge >= 0.3 is 0 Å². The summed E-state index contributed by atoms with van der Waals surface area (Å²) in [6, 6.07) is 1.65. The summed E-state index contributed by atoms with van der Waals surface area (Å²) in [4.78, 5) is 0. The van der Waals surface area contributed by atoms with Crippen molar-refractivity contribution in [2.45, 2.75) is 6.42 Å². The first-order valence-corrected chi connectivity index (χ1v) is 5.05. The molecular formula is C6H9NO3S. The fourth-order valence-corrected chi connectivity index (χ4v) is 1.47. The number of hydrogen-bond acceptors (Lipinski definition) is 2. The Hall–Kier alpha value is -0.880. The summed E-state index contributed by atoms with van der Waals surface area (Å²) in [5.74, 6) is 0.797. The van der Waals surface area contributed by atoms with Crippen LogP contribution >= 0.6 is 0 Å². The van der Waals surface area contributed by atoms with Crippen LogP contribution in [0.3, 0.4) is 0 Å². The standard InChI is InChI=1S/C6H9NO3S/c1-2-5-11(8,9,10)6-3-4-7/h1H,3,5-6H2,(H2,8,9,10). The summed E-state index contributed by atoms with van der Waals surface area (Å²) in [6.45, 7) is 0. The minimum Gasteiger partial charge on any atom is -0.307 e. The molecule has 0 aliphatic carbocycles. The molecule has 0 saturated heterocycles. The zero-order valence-electron chi connectivity index (χ0n) is 5.86. The van der Waals surface area contributed by atoms with E-state index in [9.17, 15) is 4.21 Å². The smallest absolute Gasteiger partial charge is 0.107 e. The lowest BCUT2D eigenvalue weighted by Crippen LogP contribution is -2.37. The van der Waals surface area contributed by atoms with Crippen molar-refractivity contribution in [1.82, 2.24) is 0 Å². The zero-order valence-corrected chi connectivity index (χ0v) is 6.67. The summed E-state index contributed by atoms with van der Waals surface area (Å²) in [6.07, 6.45) is 4.57. The second kappa shape index (κ2) is 3.02. The first-order valence-electron chi connectivity index (χ1n) is 2.83. The average molecular weight is 175 g/mol. The predicted octanol–water partition coefficient (Wildman–Crippen LogP) is 0.299. The highest BCUT2D eigenvalue weighted by atomic mass is 32.3. The molecule has 0 radical (unpaired) electrons. The Morgan fingerprint density at radius 3 is 2.45 bits per heavy atom. The van der Waals surface area contributed by atoms with Crippen molar-refractivity contribution in [3.05, 3.63) is 0 Å². The van der Waals surface area contributed by atoms with Gasteiger partial charge in [-0.1, -0.05) is 5.92 Å². The number of rotatable bonds is 3. The molecule has 62 valence electrons. The molecule has 0 rings (SSSR count). The Labute approximate surface area is 65.3 Å². The summed E-state index contributed by atoms with van der Waals surface area (Å²) in [5, 5.41) is 8.07. The van der Waals surface area contributed by atoms with Crippen LogP contribution in [0.2, 0.25) is 0 Å². The maximum Gasteiger partial charge on any atom is 0.107 e. The van der Waals surface area contributed by atoms with Crippen molar-refractivity contribution in [2.24, 2.45) is 0 Å². The van der Waals surface area contributed by atoms with Gasteiger partial charge in [0.2, 0.25) is 0 Å². The highest BCUT2D eigenvalue weighted by molar-refractivity contribution is 8.10. The summed E-state index contributed by atoms with van der Waals surface area (Å²) in [5.41, 5.74) is 0. The Kier molecular flexibility index (Phi) is 2.77. The van der Waals surface area contributed by atoms with E-state index in [1.54, 1.807) is 6.07 Å². The van der Waals surface area contributed by atoms with E-state index in [0.29, 0.717) is 0 Å². The fourth-order valence-electron chi connectivity index (χ4n) is 0.490. The zero-order chi connectivity index (χ0) is 8.98.